The van der Waals surface area contributed by atoms with Gasteiger partial charge in [-0.3, -0.25) is 29.3 Å². The van der Waals surface area contributed by atoms with Crippen LogP contribution in [0.3, 0.4) is 0 Å². The number of rotatable bonds is 14. The van der Waals surface area contributed by atoms with Crippen LogP contribution in [0.25, 0.3) is 33.3 Å². The summed E-state index contributed by atoms with van der Waals surface area (Å²) < 4.78 is 64.7. The molecule has 0 radical (unpaired) electrons. The van der Waals surface area contributed by atoms with Crippen molar-refractivity contribution >= 4 is 84.0 Å². The number of amides is 3. The van der Waals surface area contributed by atoms with Crippen molar-refractivity contribution in [1.82, 2.24) is 34.6 Å². The van der Waals surface area contributed by atoms with E-state index < -0.39 is 11.3 Å². The lowest BCUT2D eigenvalue weighted by atomic mass is 10.1. The number of ether oxygens (including phenoxy) is 2. The maximum atomic E-state index is 15.8. The molecule has 2 saturated carbocycles. The molecule has 9 aromatic rings. The fourth-order valence-corrected chi connectivity index (χ4v) is 11.8. The van der Waals surface area contributed by atoms with E-state index in [-0.39, 0.29) is 59.3 Å². The Kier molecular flexibility index (Phi) is 13.4. The van der Waals surface area contributed by atoms with Gasteiger partial charge in [0.2, 0.25) is 5.58 Å². The van der Waals surface area contributed by atoms with Crippen molar-refractivity contribution in [2.45, 2.75) is 50.4 Å². The van der Waals surface area contributed by atoms with E-state index in [1.165, 1.54) is 6.26 Å². The van der Waals surface area contributed by atoms with Crippen LogP contribution in [0.15, 0.2) is 128 Å². The molecule has 0 bridgehead atoms. The molecular formula is C61H54BrF2N12O8+. The van der Waals surface area contributed by atoms with Crippen molar-refractivity contribution in [3.05, 3.63) is 154 Å². The van der Waals surface area contributed by atoms with Gasteiger partial charge < -0.3 is 52.1 Å². The Morgan fingerprint density at radius 2 is 1.24 bits per heavy atom. The van der Waals surface area contributed by atoms with Crippen LogP contribution >= 0.6 is 15.9 Å². The highest BCUT2D eigenvalue weighted by Crippen LogP contribution is 2.52. The number of nitriles is 1. The summed E-state index contributed by atoms with van der Waals surface area (Å²) in [6.45, 7) is 5.46. The van der Waals surface area contributed by atoms with E-state index in [9.17, 15) is 19.6 Å². The summed E-state index contributed by atoms with van der Waals surface area (Å²) in [5.74, 6) is 0.735. The van der Waals surface area contributed by atoms with Gasteiger partial charge >= 0.3 is 0 Å². The lowest BCUT2D eigenvalue weighted by Crippen LogP contribution is -2.49. The molecule has 0 spiro atoms. The SMILES string of the molecule is N#Cc1cccc(N2CCN(C(=O)c3cc(COc4ccncc4N4CCN(C(=O)c5cc[n+](COc6ccncc6N6CCN(C(=O)c7ccnc8c(Br)coc78)CC6)c6cc(C7(F)CC7)oc56)CC4)nc4cc(C5(F)CC5)oc34)CC2)c1. The minimum Gasteiger partial charge on any atom is -0.485 e. The highest BCUT2D eigenvalue weighted by molar-refractivity contribution is 9.10. The van der Waals surface area contributed by atoms with Crippen molar-refractivity contribution in [2.75, 3.05) is 93.2 Å². The Morgan fingerprint density at radius 3 is 1.87 bits per heavy atom. The second kappa shape index (κ2) is 21.2. The number of benzene rings is 1. The van der Waals surface area contributed by atoms with Gasteiger partial charge in [-0.25, -0.2) is 13.8 Å². The van der Waals surface area contributed by atoms with E-state index in [1.807, 2.05) is 18.2 Å². The summed E-state index contributed by atoms with van der Waals surface area (Å²) in [7, 11) is 0. The number of alkyl halides is 2. The Morgan fingerprint density at radius 1 is 0.655 bits per heavy atom. The molecule has 5 aliphatic rings. The Balaban J connectivity index is 0.638. The number of carbonyl (C=O) groups excluding carboxylic acids is 3. The third-order valence-electron chi connectivity index (χ3n) is 16.6. The second-order valence-corrected chi connectivity index (χ2v) is 22.7. The quantitative estimate of drug-likeness (QED) is 0.0932. The molecular weight excluding hydrogens is 1150 g/mol. The smallest absolute Gasteiger partial charge is 0.292 e. The normalized spacial score (nSPS) is 17.5. The van der Waals surface area contributed by atoms with Crippen LogP contribution in [0, 0.1) is 11.3 Å². The summed E-state index contributed by atoms with van der Waals surface area (Å²) in [5, 5.41) is 9.44. The Hall–Kier alpha value is -9.17. The molecule has 0 unspecified atom stereocenters. The summed E-state index contributed by atoms with van der Waals surface area (Å²) in [6.07, 6.45) is 12.9. The third-order valence-corrected chi connectivity index (χ3v) is 17.1. The number of hydrogen-bond acceptors (Lipinski definition) is 16. The average molecular weight is 1200 g/mol. The Labute approximate surface area is 487 Å². The number of carbonyl (C=O) groups is 3. The molecule has 84 heavy (non-hydrogen) atoms. The zero-order valence-corrected chi connectivity index (χ0v) is 47.0. The number of aromatic nitrogens is 5. The molecule has 3 saturated heterocycles. The predicted octanol–water partition coefficient (Wildman–Crippen LogP) is 8.85. The number of hydrogen-bond donors (Lipinski definition) is 0. The summed E-state index contributed by atoms with van der Waals surface area (Å²) >= 11 is 3.44. The van der Waals surface area contributed by atoms with Crippen molar-refractivity contribution in [1.29, 1.82) is 5.26 Å². The number of fused-ring (bicyclic) bond motifs is 3. The van der Waals surface area contributed by atoms with Crippen molar-refractivity contribution in [3.8, 4) is 17.6 Å². The summed E-state index contributed by atoms with van der Waals surface area (Å²) in [4.78, 5) is 72.2. The minimum absolute atomic E-state index is 0.0115. The molecule has 11 heterocycles. The summed E-state index contributed by atoms with van der Waals surface area (Å²) in [5.41, 5.74) is 3.62. The fourth-order valence-electron chi connectivity index (χ4n) is 11.4. The zero-order chi connectivity index (χ0) is 57.3. The predicted molar refractivity (Wildman–Crippen MR) is 305 cm³/mol. The Bertz CT molecular complexity index is 4110. The topological polar surface area (TPSA) is 208 Å². The van der Waals surface area contributed by atoms with E-state index in [0.29, 0.717) is 170 Å². The zero-order valence-electron chi connectivity index (χ0n) is 45.4. The maximum Gasteiger partial charge on any atom is 0.292 e. The highest BCUT2D eigenvalue weighted by Gasteiger charge is 2.50. The van der Waals surface area contributed by atoms with Crippen molar-refractivity contribution in [3.63, 3.8) is 0 Å². The first-order valence-corrected chi connectivity index (χ1v) is 28.8. The van der Waals surface area contributed by atoms with Gasteiger partial charge in [-0.05, 0) is 71.9 Å². The van der Waals surface area contributed by atoms with Crippen LogP contribution in [0.2, 0.25) is 0 Å². The van der Waals surface area contributed by atoms with E-state index in [0.717, 1.165) is 11.4 Å². The van der Waals surface area contributed by atoms with Crippen LogP contribution in [-0.2, 0) is 24.7 Å². The van der Waals surface area contributed by atoms with Gasteiger partial charge in [-0.15, -0.1) is 0 Å². The van der Waals surface area contributed by atoms with Gasteiger partial charge in [0.15, 0.2) is 34.4 Å². The molecule has 5 fully saturated rings. The molecule has 426 valence electrons. The molecule has 0 atom stereocenters. The molecule has 14 rings (SSSR count). The fraction of sp³-hybridized carbons (Fsp3) is 0.328. The maximum absolute atomic E-state index is 15.8. The van der Waals surface area contributed by atoms with Crippen LogP contribution in [0.5, 0.6) is 11.5 Å². The lowest BCUT2D eigenvalue weighted by Gasteiger charge is -2.36. The highest BCUT2D eigenvalue weighted by atomic mass is 79.9. The van der Waals surface area contributed by atoms with Gasteiger partial charge in [0.1, 0.15) is 41.2 Å². The molecule has 20 nitrogen and oxygen atoms in total. The lowest BCUT2D eigenvalue weighted by molar-refractivity contribution is -0.700. The first-order valence-electron chi connectivity index (χ1n) is 28.0. The van der Waals surface area contributed by atoms with Crippen molar-refractivity contribution in [2.24, 2.45) is 0 Å². The number of anilines is 3. The number of nitrogens with zero attached hydrogens (tertiary/aromatic N) is 12. The van der Waals surface area contributed by atoms with E-state index in [1.54, 1.807) is 105 Å². The second-order valence-electron chi connectivity index (χ2n) is 21.8. The minimum atomic E-state index is -1.61. The van der Waals surface area contributed by atoms with Gasteiger partial charge in [-0.2, -0.15) is 9.83 Å². The largest absolute Gasteiger partial charge is 0.485 e. The number of piperazine rings is 3. The molecule has 1 aromatic carbocycles. The summed E-state index contributed by atoms with van der Waals surface area (Å²) in [6, 6.07) is 21.4. The van der Waals surface area contributed by atoms with E-state index in [2.05, 4.69) is 51.7 Å². The van der Waals surface area contributed by atoms with E-state index in [4.69, 9.17) is 27.7 Å². The monoisotopic (exact) mass is 1200 g/mol. The molecule has 8 aromatic heterocycles. The van der Waals surface area contributed by atoms with E-state index >= 15 is 8.78 Å². The standard InChI is InChI=1S/C61H54BrF2N12O8/c62-44-36-81-56-41(4-14-68-53(44)56)57(77)73-24-20-72(21-25-73)48-34-67-13-6-50(48)82-37-76-15-7-42(55-46(76)31-52(84-55)61(64)10-11-61)58(78)74-26-18-71(19-27-74)47-33-66-12-5-49(47)80-35-39-29-43(54-45(69-39)30-51(83-54)60(63)8-9-60)59(79)75-22-16-70(17-23-75)40-3-1-2-38(28-40)32-65/h1-7,12-15,28-31,33-34,36H,8-11,16-27,35,37H2/q+1. The van der Waals surface area contributed by atoms with Gasteiger partial charge in [0.05, 0.1) is 68.3 Å². The number of pyridine rings is 5. The van der Waals surface area contributed by atoms with Crippen LogP contribution in [0.1, 0.15) is 79.5 Å². The van der Waals surface area contributed by atoms with Crippen LogP contribution < -0.4 is 28.7 Å². The van der Waals surface area contributed by atoms with Gasteiger partial charge in [0.25, 0.3) is 30.0 Å². The molecule has 0 N–H and O–H groups in total. The number of halogens is 3. The third kappa shape index (κ3) is 9.90. The first kappa shape index (κ1) is 52.9. The first-order chi connectivity index (χ1) is 40.9. The molecule has 3 aliphatic heterocycles. The average Bonchev–Trinajstić information content (AvgIpc) is 2.53. The number of furan rings is 3. The van der Waals surface area contributed by atoms with Crippen LogP contribution in [-0.4, -0.2) is 131 Å². The van der Waals surface area contributed by atoms with Gasteiger partial charge in [0, 0.05) is 127 Å². The van der Waals surface area contributed by atoms with Crippen molar-refractivity contribution < 1.29 is 50.5 Å². The van der Waals surface area contributed by atoms with Gasteiger partial charge in [-0.1, -0.05) is 6.07 Å². The molecule has 2 aliphatic carbocycles. The van der Waals surface area contributed by atoms with Crippen LogP contribution in [0.4, 0.5) is 25.8 Å². The molecule has 3 amide bonds. The molecule has 23 heteroatoms.